The first-order valence-corrected chi connectivity index (χ1v) is 4.39. The van der Waals surface area contributed by atoms with Crippen molar-refractivity contribution in [2.75, 3.05) is 12.8 Å². The number of nitrogen functional groups attached to an aromatic ring is 1. The van der Waals surface area contributed by atoms with Crippen molar-refractivity contribution in [3.8, 4) is 0 Å². The summed E-state index contributed by atoms with van der Waals surface area (Å²) in [7, 11) is 1.06. The molecule has 0 aliphatic heterocycles. The highest BCUT2D eigenvalue weighted by Crippen LogP contribution is 2.37. The van der Waals surface area contributed by atoms with Crippen molar-refractivity contribution in [3.05, 3.63) is 28.3 Å². The number of anilines is 1. The summed E-state index contributed by atoms with van der Waals surface area (Å²) >= 11 is 5.49. The molecular formula is C9H7ClF3NO2. The quantitative estimate of drug-likeness (QED) is 0.618. The molecule has 0 heterocycles. The summed E-state index contributed by atoms with van der Waals surface area (Å²) in [6.45, 7) is 0. The van der Waals surface area contributed by atoms with Gasteiger partial charge in [0.15, 0.2) is 0 Å². The summed E-state index contributed by atoms with van der Waals surface area (Å²) in [6, 6.07) is 1.63. The number of carbonyl (C=O) groups excluding carboxylic acids is 1. The minimum absolute atomic E-state index is 0.297. The lowest BCUT2D eigenvalue weighted by Crippen LogP contribution is -2.12. The van der Waals surface area contributed by atoms with Gasteiger partial charge in [0.1, 0.15) is 0 Å². The van der Waals surface area contributed by atoms with Gasteiger partial charge in [0.05, 0.1) is 28.9 Å². The molecule has 0 aromatic heterocycles. The predicted molar refractivity (Wildman–Crippen MR) is 52.2 cm³/mol. The lowest BCUT2D eigenvalue weighted by molar-refractivity contribution is -0.136. The summed E-state index contributed by atoms with van der Waals surface area (Å²) < 4.78 is 41.7. The molecule has 1 aromatic carbocycles. The van der Waals surface area contributed by atoms with Crippen molar-refractivity contribution in [3.63, 3.8) is 0 Å². The standard InChI is InChI=1S/C9H7ClF3NO2/c1-16-8(15)4-2-5(9(11,12)13)7(14)6(10)3-4/h2-3H,14H2,1H3. The highest BCUT2D eigenvalue weighted by molar-refractivity contribution is 6.33. The molecule has 0 spiro atoms. The van der Waals surface area contributed by atoms with Crippen LogP contribution in [0.2, 0.25) is 5.02 Å². The minimum atomic E-state index is -4.67. The summed E-state index contributed by atoms with van der Waals surface area (Å²) in [5, 5.41) is -0.338. The van der Waals surface area contributed by atoms with E-state index in [4.69, 9.17) is 17.3 Å². The van der Waals surface area contributed by atoms with Gasteiger partial charge in [0.25, 0.3) is 0 Å². The highest BCUT2D eigenvalue weighted by atomic mass is 35.5. The lowest BCUT2D eigenvalue weighted by Gasteiger charge is -2.12. The average molecular weight is 254 g/mol. The number of benzene rings is 1. The number of halogens is 4. The Balaban J connectivity index is 3.39. The Bertz CT molecular complexity index is 431. The van der Waals surface area contributed by atoms with Gasteiger partial charge in [-0.25, -0.2) is 4.79 Å². The molecule has 0 bridgehead atoms. The van der Waals surface area contributed by atoms with Gasteiger partial charge in [-0.2, -0.15) is 13.2 Å². The molecule has 0 aliphatic rings. The first-order chi connectivity index (χ1) is 7.27. The van der Waals surface area contributed by atoms with E-state index in [0.29, 0.717) is 6.07 Å². The van der Waals surface area contributed by atoms with E-state index in [-0.39, 0.29) is 10.6 Å². The third kappa shape index (κ3) is 2.38. The molecule has 0 atom stereocenters. The summed E-state index contributed by atoms with van der Waals surface area (Å²) in [5.74, 6) is -0.910. The SMILES string of the molecule is COC(=O)c1cc(Cl)c(N)c(C(F)(F)F)c1. The molecular weight excluding hydrogens is 247 g/mol. The molecule has 1 rings (SSSR count). The number of carbonyl (C=O) groups is 1. The zero-order chi connectivity index (χ0) is 12.5. The van der Waals surface area contributed by atoms with Gasteiger partial charge < -0.3 is 10.5 Å². The molecule has 1 aromatic rings. The molecule has 0 radical (unpaired) electrons. The second kappa shape index (κ2) is 4.21. The molecule has 7 heteroatoms. The van der Waals surface area contributed by atoms with E-state index in [1.165, 1.54) is 0 Å². The summed E-state index contributed by atoms with van der Waals surface area (Å²) in [6.07, 6.45) is -4.67. The van der Waals surface area contributed by atoms with Crippen molar-refractivity contribution < 1.29 is 22.7 Å². The van der Waals surface area contributed by atoms with Gasteiger partial charge in [-0.3, -0.25) is 0 Å². The predicted octanol–water partition coefficient (Wildman–Crippen LogP) is 2.73. The average Bonchev–Trinajstić information content (AvgIpc) is 2.18. The van der Waals surface area contributed by atoms with E-state index in [1.54, 1.807) is 0 Å². The molecule has 0 saturated carbocycles. The monoisotopic (exact) mass is 253 g/mol. The number of hydrogen-bond donors (Lipinski definition) is 1. The molecule has 3 nitrogen and oxygen atoms in total. The Morgan fingerprint density at radius 2 is 2.00 bits per heavy atom. The fourth-order valence-electron chi connectivity index (χ4n) is 1.09. The van der Waals surface area contributed by atoms with E-state index >= 15 is 0 Å². The maximum atomic E-state index is 12.5. The zero-order valence-electron chi connectivity index (χ0n) is 8.06. The van der Waals surface area contributed by atoms with E-state index in [2.05, 4.69) is 4.74 Å². The first kappa shape index (κ1) is 12.6. The van der Waals surface area contributed by atoms with Crippen LogP contribution >= 0.6 is 11.6 Å². The third-order valence-electron chi connectivity index (χ3n) is 1.86. The van der Waals surface area contributed by atoms with E-state index in [0.717, 1.165) is 13.2 Å². The maximum Gasteiger partial charge on any atom is 0.418 e. The maximum absolute atomic E-state index is 12.5. The van der Waals surface area contributed by atoms with Crippen molar-refractivity contribution in [1.82, 2.24) is 0 Å². The fraction of sp³-hybridized carbons (Fsp3) is 0.222. The van der Waals surface area contributed by atoms with Crippen LogP contribution in [0.15, 0.2) is 12.1 Å². The van der Waals surface area contributed by atoms with Crippen molar-refractivity contribution >= 4 is 23.3 Å². The number of hydrogen-bond acceptors (Lipinski definition) is 3. The Hall–Kier alpha value is -1.43. The van der Waals surface area contributed by atoms with Crippen molar-refractivity contribution in [2.24, 2.45) is 0 Å². The van der Waals surface area contributed by atoms with Gasteiger partial charge in [-0.15, -0.1) is 0 Å². The molecule has 16 heavy (non-hydrogen) atoms. The molecule has 88 valence electrons. The van der Waals surface area contributed by atoms with Gasteiger partial charge >= 0.3 is 12.1 Å². The third-order valence-corrected chi connectivity index (χ3v) is 2.17. The van der Waals surface area contributed by atoms with Crippen molar-refractivity contribution in [1.29, 1.82) is 0 Å². The Kier molecular flexibility index (Phi) is 3.32. The molecule has 2 N–H and O–H groups in total. The van der Waals surface area contributed by atoms with Gasteiger partial charge in [0, 0.05) is 0 Å². The number of nitrogens with two attached hydrogens (primary N) is 1. The topological polar surface area (TPSA) is 52.3 Å². The zero-order valence-corrected chi connectivity index (χ0v) is 8.82. The van der Waals surface area contributed by atoms with Crippen LogP contribution in [0.1, 0.15) is 15.9 Å². The lowest BCUT2D eigenvalue weighted by atomic mass is 10.1. The fourth-order valence-corrected chi connectivity index (χ4v) is 1.31. The van der Waals surface area contributed by atoms with Crippen LogP contribution in [0.25, 0.3) is 0 Å². The second-order valence-electron chi connectivity index (χ2n) is 2.91. The number of ether oxygens (including phenoxy) is 1. The number of rotatable bonds is 1. The van der Waals surface area contributed by atoms with Gasteiger partial charge in [0.2, 0.25) is 0 Å². The summed E-state index contributed by atoms with van der Waals surface area (Å²) in [4.78, 5) is 11.1. The van der Waals surface area contributed by atoms with Crippen LogP contribution in [-0.2, 0) is 10.9 Å². The molecule has 0 aliphatic carbocycles. The van der Waals surface area contributed by atoms with E-state index in [9.17, 15) is 18.0 Å². The Labute approximate surface area is 93.9 Å². The number of alkyl halides is 3. The van der Waals surface area contributed by atoms with Crippen LogP contribution in [0, 0.1) is 0 Å². The minimum Gasteiger partial charge on any atom is -0.465 e. The van der Waals surface area contributed by atoms with Crippen molar-refractivity contribution in [2.45, 2.75) is 6.18 Å². The van der Waals surface area contributed by atoms with E-state index in [1.807, 2.05) is 0 Å². The molecule has 0 unspecified atom stereocenters. The highest BCUT2D eigenvalue weighted by Gasteiger charge is 2.34. The molecule has 0 fully saturated rings. The number of methoxy groups -OCH3 is 1. The molecule has 0 amide bonds. The summed E-state index contributed by atoms with van der Waals surface area (Å²) in [5.41, 5.74) is 3.12. The van der Waals surface area contributed by atoms with E-state index < -0.39 is 23.4 Å². The smallest absolute Gasteiger partial charge is 0.418 e. The van der Waals surface area contributed by atoms with Crippen LogP contribution < -0.4 is 5.73 Å². The second-order valence-corrected chi connectivity index (χ2v) is 3.32. The Morgan fingerprint density at radius 1 is 1.44 bits per heavy atom. The van der Waals surface area contributed by atoms with Crippen LogP contribution in [0.5, 0.6) is 0 Å². The van der Waals surface area contributed by atoms with Gasteiger partial charge in [-0.1, -0.05) is 11.6 Å². The first-order valence-electron chi connectivity index (χ1n) is 4.02. The normalized spacial score (nSPS) is 11.3. The van der Waals surface area contributed by atoms with Crippen LogP contribution in [0.4, 0.5) is 18.9 Å². The number of esters is 1. The van der Waals surface area contributed by atoms with Gasteiger partial charge in [-0.05, 0) is 12.1 Å². The Morgan fingerprint density at radius 3 is 2.44 bits per heavy atom. The van der Waals surface area contributed by atoms with Crippen LogP contribution in [-0.4, -0.2) is 13.1 Å². The van der Waals surface area contributed by atoms with Crippen LogP contribution in [0.3, 0.4) is 0 Å². The largest absolute Gasteiger partial charge is 0.465 e. The molecule has 0 saturated heterocycles.